The fourth-order valence-corrected chi connectivity index (χ4v) is 1.85. The van der Waals surface area contributed by atoms with Gasteiger partial charge in [0.05, 0.1) is 0 Å². The van der Waals surface area contributed by atoms with Crippen molar-refractivity contribution in [2.75, 3.05) is 19.8 Å². The second-order valence-electron chi connectivity index (χ2n) is 4.21. The van der Waals surface area contributed by atoms with Crippen molar-refractivity contribution in [3.8, 4) is 0 Å². The Bertz CT molecular complexity index is 370. The summed E-state index contributed by atoms with van der Waals surface area (Å²) >= 11 is 0. The van der Waals surface area contributed by atoms with Crippen LogP contribution in [0, 0.1) is 0 Å². The molecule has 1 amide bonds. The molecule has 0 unspecified atom stereocenters. The monoisotopic (exact) mass is 238 g/mol. The molecule has 0 bridgehead atoms. The number of nitrogens with zero attached hydrogens (tertiary/aromatic N) is 1. The smallest absolute Gasteiger partial charge is 0.273 e. The molecule has 0 radical (unpaired) electrons. The molecular formula is C12H18N2O3. The predicted octanol–water partition coefficient (Wildman–Crippen LogP) is 1.71. The number of carbonyl (C=O) groups excluding carboxylic acids is 1. The number of ether oxygens (including phenoxy) is 1. The highest BCUT2D eigenvalue weighted by atomic mass is 16.5. The second kappa shape index (κ2) is 5.82. The largest absolute Gasteiger partial charge is 0.448 e. The summed E-state index contributed by atoms with van der Waals surface area (Å²) in [6, 6.07) is 0. The lowest BCUT2D eigenvalue weighted by atomic mass is 10.0. The van der Waals surface area contributed by atoms with Gasteiger partial charge in [0.2, 0.25) is 0 Å². The van der Waals surface area contributed by atoms with E-state index in [1.54, 1.807) is 0 Å². The van der Waals surface area contributed by atoms with Gasteiger partial charge in [-0.1, -0.05) is 6.92 Å². The van der Waals surface area contributed by atoms with E-state index < -0.39 is 0 Å². The van der Waals surface area contributed by atoms with Crippen LogP contribution in [0.15, 0.2) is 10.7 Å². The van der Waals surface area contributed by atoms with Gasteiger partial charge >= 0.3 is 0 Å². The molecule has 0 saturated carbocycles. The minimum atomic E-state index is -0.158. The van der Waals surface area contributed by atoms with E-state index in [0.29, 0.717) is 18.1 Å². The van der Waals surface area contributed by atoms with Crippen LogP contribution in [-0.4, -0.2) is 30.6 Å². The van der Waals surface area contributed by atoms with Gasteiger partial charge in [-0.05, 0) is 19.3 Å². The zero-order chi connectivity index (χ0) is 12.1. The predicted molar refractivity (Wildman–Crippen MR) is 61.9 cm³/mol. The van der Waals surface area contributed by atoms with Crippen molar-refractivity contribution in [2.24, 2.45) is 0 Å². The van der Waals surface area contributed by atoms with Crippen LogP contribution in [0.25, 0.3) is 0 Å². The highest BCUT2D eigenvalue weighted by molar-refractivity contribution is 5.91. The second-order valence-corrected chi connectivity index (χ2v) is 4.21. The average molecular weight is 238 g/mol. The van der Waals surface area contributed by atoms with E-state index in [4.69, 9.17) is 9.15 Å². The molecule has 0 aromatic carbocycles. The number of amides is 1. The number of oxazole rings is 1. The third-order valence-corrected chi connectivity index (χ3v) is 2.86. The van der Waals surface area contributed by atoms with Gasteiger partial charge in [-0.3, -0.25) is 4.79 Å². The maximum absolute atomic E-state index is 11.6. The maximum Gasteiger partial charge on any atom is 0.273 e. The zero-order valence-electron chi connectivity index (χ0n) is 10.1. The Morgan fingerprint density at radius 1 is 1.53 bits per heavy atom. The molecule has 5 heteroatoms. The molecule has 1 aliphatic rings. The number of nitrogens with one attached hydrogen (secondary N) is 1. The molecule has 1 aromatic heterocycles. The van der Waals surface area contributed by atoms with Gasteiger partial charge in [-0.2, -0.15) is 0 Å². The highest BCUT2D eigenvalue weighted by Crippen LogP contribution is 2.25. The van der Waals surface area contributed by atoms with Gasteiger partial charge in [0.1, 0.15) is 6.26 Å². The summed E-state index contributed by atoms with van der Waals surface area (Å²) in [5.41, 5.74) is 0.375. The Morgan fingerprint density at radius 3 is 3.00 bits per heavy atom. The first-order valence-electron chi connectivity index (χ1n) is 6.12. The number of rotatable bonds is 4. The Labute approximate surface area is 101 Å². The first-order chi connectivity index (χ1) is 8.31. The lowest BCUT2D eigenvalue weighted by Gasteiger charge is -2.18. The third kappa shape index (κ3) is 3.06. The SMILES string of the molecule is CCCNC(=O)c1coc(C2CCOCC2)n1. The fraction of sp³-hybridized carbons (Fsp3) is 0.667. The van der Waals surface area contributed by atoms with Crippen LogP contribution >= 0.6 is 0 Å². The van der Waals surface area contributed by atoms with E-state index in [0.717, 1.165) is 32.5 Å². The van der Waals surface area contributed by atoms with Crippen molar-refractivity contribution in [1.82, 2.24) is 10.3 Å². The summed E-state index contributed by atoms with van der Waals surface area (Å²) in [5.74, 6) is 0.792. The maximum atomic E-state index is 11.6. The minimum Gasteiger partial charge on any atom is -0.448 e. The number of aromatic nitrogens is 1. The molecule has 0 atom stereocenters. The Morgan fingerprint density at radius 2 is 2.29 bits per heavy atom. The molecular weight excluding hydrogens is 220 g/mol. The normalized spacial score (nSPS) is 17.0. The highest BCUT2D eigenvalue weighted by Gasteiger charge is 2.22. The number of hydrogen-bond donors (Lipinski definition) is 1. The van der Waals surface area contributed by atoms with E-state index in [9.17, 15) is 4.79 Å². The zero-order valence-corrected chi connectivity index (χ0v) is 10.1. The van der Waals surface area contributed by atoms with Gasteiger partial charge in [0, 0.05) is 25.7 Å². The topological polar surface area (TPSA) is 64.4 Å². The van der Waals surface area contributed by atoms with E-state index in [2.05, 4.69) is 10.3 Å². The van der Waals surface area contributed by atoms with Crippen LogP contribution in [0.4, 0.5) is 0 Å². The molecule has 1 fully saturated rings. The van der Waals surface area contributed by atoms with Crippen molar-refractivity contribution in [3.63, 3.8) is 0 Å². The quantitative estimate of drug-likeness (QED) is 0.867. The average Bonchev–Trinajstić information content (AvgIpc) is 2.86. The first-order valence-corrected chi connectivity index (χ1v) is 6.12. The molecule has 94 valence electrons. The molecule has 1 saturated heterocycles. The van der Waals surface area contributed by atoms with Gasteiger partial charge < -0.3 is 14.5 Å². The lowest BCUT2D eigenvalue weighted by molar-refractivity contribution is 0.0794. The van der Waals surface area contributed by atoms with E-state index in [1.807, 2.05) is 6.92 Å². The van der Waals surface area contributed by atoms with E-state index in [1.165, 1.54) is 6.26 Å². The van der Waals surface area contributed by atoms with Crippen LogP contribution in [0.3, 0.4) is 0 Å². The molecule has 17 heavy (non-hydrogen) atoms. The van der Waals surface area contributed by atoms with E-state index >= 15 is 0 Å². The first kappa shape index (κ1) is 12.1. The van der Waals surface area contributed by atoms with Crippen LogP contribution in [0.5, 0.6) is 0 Å². The Hall–Kier alpha value is -1.36. The number of hydrogen-bond acceptors (Lipinski definition) is 4. The lowest BCUT2D eigenvalue weighted by Crippen LogP contribution is -2.24. The Kier molecular flexibility index (Phi) is 4.14. The van der Waals surface area contributed by atoms with Gasteiger partial charge in [0.25, 0.3) is 5.91 Å². The van der Waals surface area contributed by atoms with Gasteiger partial charge in [-0.15, -0.1) is 0 Å². The molecule has 0 spiro atoms. The fourth-order valence-electron chi connectivity index (χ4n) is 1.85. The van der Waals surface area contributed by atoms with Crippen molar-refractivity contribution in [2.45, 2.75) is 32.1 Å². The summed E-state index contributed by atoms with van der Waals surface area (Å²) in [6.07, 6.45) is 4.18. The molecule has 1 aliphatic heterocycles. The van der Waals surface area contributed by atoms with Crippen LogP contribution in [-0.2, 0) is 4.74 Å². The summed E-state index contributed by atoms with van der Waals surface area (Å²) < 4.78 is 10.7. The van der Waals surface area contributed by atoms with Gasteiger partial charge in [0.15, 0.2) is 11.6 Å². The molecule has 1 N–H and O–H groups in total. The van der Waals surface area contributed by atoms with Crippen molar-refractivity contribution in [1.29, 1.82) is 0 Å². The summed E-state index contributed by atoms with van der Waals surface area (Å²) in [6.45, 7) is 4.16. The summed E-state index contributed by atoms with van der Waals surface area (Å²) in [7, 11) is 0. The van der Waals surface area contributed by atoms with Crippen molar-refractivity contribution < 1.29 is 13.9 Å². The molecule has 2 rings (SSSR count). The molecule has 2 heterocycles. The summed E-state index contributed by atoms with van der Waals surface area (Å²) in [5, 5.41) is 2.78. The number of carbonyl (C=O) groups is 1. The third-order valence-electron chi connectivity index (χ3n) is 2.86. The van der Waals surface area contributed by atoms with Crippen LogP contribution in [0.2, 0.25) is 0 Å². The molecule has 1 aromatic rings. The van der Waals surface area contributed by atoms with E-state index in [-0.39, 0.29) is 11.8 Å². The van der Waals surface area contributed by atoms with Crippen LogP contribution < -0.4 is 5.32 Å². The van der Waals surface area contributed by atoms with Crippen molar-refractivity contribution in [3.05, 3.63) is 17.8 Å². The van der Waals surface area contributed by atoms with Crippen molar-refractivity contribution >= 4 is 5.91 Å². The van der Waals surface area contributed by atoms with Crippen LogP contribution in [0.1, 0.15) is 48.5 Å². The summed E-state index contributed by atoms with van der Waals surface area (Å²) in [4.78, 5) is 15.9. The molecule has 0 aliphatic carbocycles. The standard InChI is InChI=1S/C12H18N2O3/c1-2-5-13-11(15)10-8-17-12(14-10)9-3-6-16-7-4-9/h8-9H,2-7H2,1H3,(H,13,15). The minimum absolute atomic E-state index is 0.158. The Balaban J connectivity index is 1.97. The van der Waals surface area contributed by atoms with Gasteiger partial charge in [-0.25, -0.2) is 4.98 Å². The molecule has 5 nitrogen and oxygen atoms in total.